The zero-order valence-electron chi connectivity index (χ0n) is 17.0. The maximum absolute atomic E-state index is 11.9. The van der Waals surface area contributed by atoms with Gasteiger partial charge in [0.25, 0.3) is 0 Å². The summed E-state index contributed by atoms with van der Waals surface area (Å²) in [5.74, 6) is 0.0549. The van der Waals surface area contributed by atoms with Crippen molar-refractivity contribution in [1.82, 2.24) is 0 Å². The van der Waals surface area contributed by atoms with Gasteiger partial charge in [-0.05, 0) is 50.9 Å². The van der Waals surface area contributed by atoms with E-state index in [1.54, 1.807) is 11.3 Å². The zero-order valence-corrected chi connectivity index (χ0v) is 17.8. The van der Waals surface area contributed by atoms with Crippen molar-refractivity contribution in [3.8, 4) is 0 Å². The van der Waals surface area contributed by atoms with E-state index >= 15 is 0 Å². The predicted octanol–water partition coefficient (Wildman–Crippen LogP) is 6.96. The van der Waals surface area contributed by atoms with Gasteiger partial charge in [-0.1, -0.05) is 67.8 Å². The van der Waals surface area contributed by atoms with Crippen molar-refractivity contribution in [2.24, 2.45) is 0 Å². The largest absolute Gasteiger partial charge is 0.295 e. The highest BCUT2D eigenvalue weighted by Gasteiger charge is 2.14. The maximum Gasteiger partial charge on any atom is 0.159 e. The molecule has 0 atom stereocenters. The van der Waals surface area contributed by atoms with Crippen LogP contribution in [0.3, 0.4) is 0 Å². The lowest BCUT2D eigenvalue weighted by Gasteiger charge is -2.07. The number of ketones is 2. The summed E-state index contributed by atoms with van der Waals surface area (Å²) >= 11 is 1.79. The number of thiophene rings is 1. The van der Waals surface area contributed by atoms with Crippen LogP contribution < -0.4 is 0 Å². The average molecular weight is 421 g/mol. The fourth-order valence-corrected chi connectivity index (χ4v) is 5.58. The van der Waals surface area contributed by atoms with Crippen molar-refractivity contribution in [3.05, 3.63) is 97.1 Å². The smallest absolute Gasteiger partial charge is 0.159 e. The molecule has 0 fully saturated rings. The molecule has 0 N–H and O–H groups in total. The second-order valence-electron chi connectivity index (χ2n) is 7.75. The van der Waals surface area contributed by atoms with E-state index in [-0.39, 0.29) is 11.6 Å². The standard InChI is InChI=1S/C28H20O2S/c1-3-20(29)15-17-8-10-23-19(14-17)9-13-26-27(23)25-12-11-22-18(16-21(30)4-2)6-5-7-24(22)28(25)31-26/h3-14H,1-2,15-16H2. The van der Waals surface area contributed by atoms with E-state index in [0.29, 0.717) is 12.8 Å². The molecule has 150 valence electrons. The van der Waals surface area contributed by atoms with Crippen LogP contribution in [0.1, 0.15) is 11.1 Å². The Kier molecular flexibility index (Phi) is 4.76. The van der Waals surface area contributed by atoms with Crippen molar-refractivity contribution in [2.45, 2.75) is 12.8 Å². The molecule has 0 unspecified atom stereocenters. The summed E-state index contributed by atoms with van der Waals surface area (Å²) in [6.07, 6.45) is 3.51. The molecular formula is C28H20O2S. The molecule has 0 aliphatic carbocycles. The van der Waals surface area contributed by atoms with Crippen LogP contribution in [0.4, 0.5) is 0 Å². The molecule has 0 saturated heterocycles. The minimum atomic E-state index is 0.0265. The second-order valence-corrected chi connectivity index (χ2v) is 8.80. The Bertz CT molecular complexity index is 1550. The third-order valence-electron chi connectivity index (χ3n) is 5.83. The first-order valence-corrected chi connectivity index (χ1v) is 11.0. The number of allylic oxidation sites excluding steroid dienone is 2. The second kappa shape index (κ2) is 7.60. The van der Waals surface area contributed by atoms with Crippen LogP contribution >= 0.6 is 11.3 Å². The van der Waals surface area contributed by atoms with Crippen LogP contribution in [0.5, 0.6) is 0 Å². The van der Waals surface area contributed by atoms with E-state index in [2.05, 4.69) is 55.6 Å². The molecule has 3 heteroatoms. The summed E-state index contributed by atoms with van der Waals surface area (Å²) in [5, 5.41) is 7.08. The molecule has 1 aromatic heterocycles. The molecule has 2 nitrogen and oxygen atoms in total. The minimum absolute atomic E-state index is 0.0265. The Balaban J connectivity index is 1.74. The highest BCUT2D eigenvalue weighted by Crippen LogP contribution is 2.42. The number of rotatable bonds is 6. The number of carbonyl (C=O) groups is 2. The molecule has 0 aliphatic rings. The molecule has 0 radical (unpaired) electrons. The lowest BCUT2D eigenvalue weighted by atomic mass is 9.96. The van der Waals surface area contributed by atoms with Gasteiger partial charge >= 0.3 is 0 Å². The first kappa shape index (κ1) is 19.4. The summed E-state index contributed by atoms with van der Waals surface area (Å²) < 4.78 is 2.47. The summed E-state index contributed by atoms with van der Waals surface area (Å²) in [7, 11) is 0. The Morgan fingerprint density at radius 3 is 2.32 bits per heavy atom. The first-order chi connectivity index (χ1) is 15.1. The van der Waals surface area contributed by atoms with Gasteiger partial charge in [-0.15, -0.1) is 11.3 Å². The normalized spacial score (nSPS) is 11.4. The monoisotopic (exact) mass is 420 g/mol. The van der Waals surface area contributed by atoms with Crippen molar-refractivity contribution in [2.75, 3.05) is 0 Å². The molecule has 31 heavy (non-hydrogen) atoms. The Morgan fingerprint density at radius 2 is 1.52 bits per heavy atom. The van der Waals surface area contributed by atoms with Crippen LogP contribution in [0.25, 0.3) is 41.7 Å². The van der Waals surface area contributed by atoms with Crippen LogP contribution in [0.15, 0.2) is 86.0 Å². The molecule has 5 rings (SSSR count). The highest BCUT2D eigenvalue weighted by molar-refractivity contribution is 7.26. The summed E-state index contributed by atoms with van der Waals surface area (Å²) in [6, 6.07) is 21.0. The molecule has 0 aliphatic heterocycles. The fourth-order valence-electron chi connectivity index (χ4n) is 4.33. The number of carbonyl (C=O) groups excluding carboxylic acids is 2. The van der Waals surface area contributed by atoms with Crippen LogP contribution in [0.2, 0.25) is 0 Å². The van der Waals surface area contributed by atoms with E-state index in [1.807, 2.05) is 18.2 Å². The molecule has 5 aromatic rings. The zero-order chi connectivity index (χ0) is 21.5. The van der Waals surface area contributed by atoms with Gasteiger partial charge in [0, 0.05) is 33.0 Å². The van der Waals surface area contributed by atoms with Gasteiger partial charge in [-0.3, -0.25) is 9.59 Å². The number of fused-ring (bicyclic) bond motifs is 7. The van der Waals surface area contributed by atoms with Crippen molar-refractivity contribution >= 4 is 64.6 Å². The van der Waals surface area contributed by atoms with Gasteiger partial charge in [0.15, 0.2) is 11.6 Å². The van der Waals surface area contributed by atoms with Gasteiger partial charge in [-0.2, -0.15) is 0 Å². The molecule has 0 spiro atoms. The van der Waals surface area contributed by atoms with E-state index < -0.39 is 0 Å². The molecular weight excluding hydrogens is 400 g/mol. The van der Waals surface area contributed by atoms with Gasteiger partial charge in [0.1, 0.15) is 0 Å². The maximum atomic E-state index is 11.9. The highest BCUT2D eigenvalue weighted by atomic mass is 32.1. The Morgan fingerprint density at radius 1 is 0.774 bits per heavy atom. The van der Waals surface area contributed by atoms with Crippen LogP contribution in [-0.2, 0) is 22.4 Å². The average Bonchev–Trinajstić information content (AvgIpc) is 3.18. The Labute approximate surface area is 184 Å². The molecule has 0 bridgehead atoms. The lowest BCUT2D eigenvalue weighted by molar-refractivity contribution is -0.114. The summed E-state index contributed by atoms with van der Waals surface area (Å²) in [4.78, 5) is 23.7. The van der Waals surface area contributed by atoms with Gasteiger partial charge in [0.2, 0.25) is 0 Å². The summed E-state index contributed by atoms with van der Waals surface area (Å²) in [5.41, 5.74) is 2.03. The number of hydrogen-bond acceptors (Lipinski definition) is 3. The topological polar surface area (TPSA) is 34.1 Å². The third kappa shape index (κ3) is 3.28. The molecule has 4 aromatic carbocycles. The van der Waals surface area contributed by atoms with Gasteiger partial charge in [0.05, 0.1) is 0 Å². The SMILES string of the molecule is C=CC(=O)Cc1ccc2c(ccc3sc4c5cccc(CC(=O)C=C)c5ccc4c32)c1. The minimum Gasteiger partial charge on any atom is -0.295 e. The van der Waals surface area contributed by atoms with Crippen molar-refractivity contribution in [1.29, 1.82) is 0 Å². The van der Waals surface area contributed by atoms with E-state index in [0.717, 1.165) is 21.9 Å². The van der Waals surface area contributed by atoms with E-state index in [9.17, 15) is 9.59 Å². The Hall–Kier alpha value is -3.56. The van der Waals surface area contributed by atoms with Gasteiger partial charge in [-0.25, -0.2) is 0 Å². The van der Waals surface area contributed by atoms with Crippen molar-refractivity contribution in [3.63, 3.8) is 0 Å². The molecule has 0 saturated carbocycles. The number of hydrogen-bond donors (Lipinski definition) is 0. The van der Waals surface area contributed by atoms with Crippen LogP contribution in [0, 0.1) is 0 Å². The fraction of sp³-hybridized carbons (Fsp3) is 0.0714. The van der Waals surface area contributed by atoms with E-state index in [4.69, 9.17) is 0 Å². The lowest BCUT2D eigenvalue weighted by Crippen LogP contribution is -1.98. The first-order valence-electron chi connectivity index (χ1n) is 10.2. The quantitative estimate of drug-likeness (QED) is 0.278. The van der Waals surface area contributed by atoms with Crippen LogP contribution in [-0.4, -0.2) is 11.6 Å². The van der Waals surface area contributed by atoms with E-state index in [1.165, 1.54) is 43.1 Å². The molecule has 0 amide bonds. The third-order valence-corrected chi connectivity index (χ3v) is 7.03. The van der Waals surface area contributed by atoms with Crippen molar-refractivity contribution < 1.29 is 9.59 Å². The predicted molar refractivity (Wildman–Crippen MR) is 132 cm³/mol. The van der Waals surface area contributed by atoms with Gasteiger partial charge < -0.3 is 0 Å². The summed E-state index contributed by atoms with van der Waals surface area (Å²) in [6.45, 7) is 7.17. The molecule has 1 heterocycles. The number of benzene rings is 4.